The lowest BCUT2D eigenvalue weighted by atomic mass is 10.2. The molecule has 0 amide bonds. The number of rotatable bonds is 5. The van der Waals surface area contributed by atoms with E-state index in [1.54, 1.807) is 24.6 Å². The Labute approximate surface area is 145 Å². The predicted octanol–water partition coefficient (Wildman–Crippen LogP) is 3.35. The lowest BCUT2D eigenvalue weighted by Gasteiger charge is -2.16. The van der Waals surface area contributed by atoms with E-state index in [9.17, 15) is 0 Å². The summed E-state index contributed by atoms with van der Waals surface area (Å²) in [6.45, 7) is 0.604. The predicted molar refractivity (Wildman–Crippen MR) is 98.1 cm³/mol. The highest BCUT2D eigenvalue weighted by Gasteiger charge is 2.24. The van der Waals surface area contributed by atoms with E-state index in [0.29, 0.717) is 18.5 Å². The fraction of sp³-hybridized carbons (Fsp3) is 0.500. The molecule has 0 radical (unpaired) electrons. The summed E-state index contributed by atoms with van der Waals surface area (Å²) in [7, 11) is 1.80. The molecule has 23 heavy (non-hydrogen) atoms. The van der Waals surface area contributed by atoms with Gasteiger partial charge in [-0.05, 0) is 37.0 Å². The Morgan fingerprint density at radius 3 is 3.13 bits per heavy atom. The normalized spacial score (nSPS) is 21.6. The van der Waals surface area contributed by atoms with Crippen LogP contribution in [0.2, 0.25) is 0 Å². The highest BCUT2D eigenvalue weighted by atomic mass is 32.2. The molecule has 0 spiro atoms. The summed E-state index contributed by atoms with van der Waals surface area (Å²) >= 11 is 3.59. The van der Waals surface area contributed by atoms with Crippen molar-refractivity contribution in [2.45, 2.75) is 37.1 Å². The van der Waals surface area contributed by atoms with E-state index in [2.05, 4.69) is 26.9 Å². The van der Waals surface area contributed by atoms with Crippen molar-refractivity contribution >= 4 is 29.1 Å². The van der Waals surface area contributed by atoms with Gasteiger partial charge in [0.15, 0.2) is 5.96 Å². The van der Waals surface area contributed by atoms with Crippen LogP contribution in [-0.2, 0) is 6.54 Å². The van der Waals surface area contributed by atoms with Crippen molar-refractivity contribution < 1.29 is 4.42 Å². The van der Waals surface area contributed by atoms with E-state index < -0.39 is 0 Å². The van der Waals surface area contributed by atoms with Gasteiger partial charge in [0.25, 0.3) is 0 Å². The van der Waals surface area contributed by atoms with Gasteiger partial charge in [0.05, 0.1) is 17.1 Å². The Morgan fingerprint density at radius 1 is 1.52 bits per heavy atom. The minimum atomic E-state index is 0.512. The first kappa shape index (κ1) is 16.4. The van der Waals surface area contributed by atoms with Crippen LogP contribution >= 0.6 is 23.1 Å². The second-order valence-corrected chi connectivity index (χ2v) is 7.64. The molecule has 1 aliphatic carbocycles. The number of guanidine groups is 1. The third kappa shape index (κ3) is 4.29. The summed E-state index contributed by atoms with van der Waals surface area (Å²) in [5, 5.41) is 9.61. The molecule has 5 nitrogen and oxygen atoms in total. The molecule has 1 fully saturated rings. The zero-order chi connectivity index (χ0) is 16.1. The lowest BCUT2D eigenvalue weighted by Crippen LogP contribution is -2.42. The fourth-order valence-electron chi connectivity index (χ4n) is 2.75. The number of hydrogen-bond acceptors (Lipinski definition) is 5. The van der Waals surface area contributed by atoms with Crippen molar-refractivity contribution in [1.82, 2.24) is 15.6 Å². The van der Waals surface area contributed by atoms with Gasteiger partial charge in [0, 0.05) is 18.3 Å². The second kappa shape index (κ2) is 7.88. The first-order valence-corrected chi connectivity index (χ1v) is 9.93. The summed E-state index contributed by atoms with van der Waals surface area (Å²) in [5.74, 6) is 1.51. The van der Waals surface area contributed by atoms with Crippen LogP contribution < -0.4 is 10.6 Å². The molecule has 124 valence electrons. The van der Waals surface area contributed by atoms with Crippen LogP contribution in [0, 0.1) is 0 Å². The van der Waals surface area contributed by atoms with Gasteiger partial charge < -0.3 is 15.1 Å². The molecule has 7 heteroatoms. The number of oxazole rings is 1. The number of hydrogen-bond donors (Lipinski definition) is 2. The van der Waals surface area contributed by atoms with E-state index in [0.717, 1.165) is 21.8 Å². The minimum absolute atomic E-state index is 0.512. The van der Waals surface area contributed by atoms with Crippen molar-refractivity contribution in [2.75, 3.05) is 13.3 Å². The maximum atomic E-state index is 5.53. The summed E-state index contributed by atoms with van der Waals surface area (Å²) < 4.78 is 5.53. The number of nitrogens with one attached hydrogen (secondary N) is 2. The zero-order valence-electron chi connectivity index (χ0n) is 13.4. The number of aromatic nitrogens is 1. The molecule has 2 aromatic rings. The van der Waals surface area contributed by atoms with Crippen LogP contribution in [0.4, 0.5) is 0 Å². The Kier molecular flexibility index (Phi) is 5.61. The molecular weight excluding hydrogens is 328 g/mol. The van der Waals surface area contributed by atoms with Gasteiger partial charge in [0.1, 0.15) is 6.26 Å². The molecule has 0 aromatic carbocycles. The molecule has 0 bridgehead atoms. The average Bonchev–Trinajstić information content (AvgIpc) is 3.31. The fourth-order valence-corrected chi connectivity index (χ4v) is 4.20. The van der Waals surface area contributed by atoms with E-state index >= 15 is 0 Å². The summed E-state index contributed by atoms with van der Waals surface area (Å²) in [6, 6.07) is 4.52. The molecule has 0 saturated heterocycles. The molecular formula is C16H22N4OS2. The number of nitrogens with zero attached hydrogens (tertiary/aromatic N) is 2. The van der Waals surface area contributed by atoms with Gasteiger partial charge in [-0.1, -0.05) is 6.07 Å². The van der Waals surface area contributed by atoms with Crippen LogP contribution in [0.25, 0.3) is 10.8 Å². The van der Waals surface area contributed by atoms with Gasteiger partial charge in [-0.3, -0.25) is 4.99 Å². The van der Waals surface area contributed by atoms with E-state index in [1.165, 1.54) is 19.3 Å². The summed E-state index contributed by atoms with van der Waals surface area (Å²) in [5.41, 5.74) is 0.879. The van der Waals surface area contributed by atoms with Gasteiger partial charge in [-0.15, -0.1) is 11.3 Å². The summed E-state index contributed by atoms with van der Waals surface area (Å²) in [4.78, 5) is 9.87. The smallest absolute Gasteiger partial charge is 0.236 e. The molecule has 2 N–H and O–H groups in total. The van der Waals surface area contributed by atoms with E-state index in [4.69, 9.17) is 4.42 Å². The maximum absolute atomic E-state index is 5.53. The SMILES string of the molecule is CN=C(NCc1coc(-c2cccs2)n1)NC1CCC(SC)C1. The number of aliphatic imine (C=N–C) groups is 1. The molecule has 1 aliphatic rings. The zero-order valence-corrected chi connectivity index (χ0v) is 15.0. The average molecular weight is 351 g/mol. The number of thiophene rings is 1. The standard InChI is InChI=1S/C16H22N4OS2/c1-17-16(20-11-5-6-13(8-11)22-2)18-9-12-10-21-15(19-12)14-4-3-7-23-14/h3-4,7,10-11,13H,5-6,8-9H2,1-2H3,(H2,17,18,20). The molecule has 3 rings (SSSR count). The monoisotopic (exact) mass is 350 g/mol. The van der Waals surface area contributed by atoms with Crippen molar-refractivity contribution in [1.29, 1.82) is 0 Å². The third-order valence-corrected chi connectivity index (χ3v) is 5.96. The van der Waals surface area contributed by atoms with E-state index in [1.807, 2.05) is 29.3 Å². The Balaban J connectivity index is 1.51. The van der Waals surface area contributed by atoms with Gasteiger partial charge in [-0.2, -0.15) is 11.8 Å². The Morgan fingerprint density at radius 2 is 2.43 bits per heavy atom. The first-order chi connectivity index (χ1) is 11.3. The van der Waals surface area contributed by atoms with Crippen LogP contribution in [0.3, 0.4) is 0 Å². The molecule has 2 heterocycles. The highest BCUT2D eigenvalue weighted by molar-refractivity contribution is 7.99. The van der Waals surface area contributed by atoms with Crippen molar-refractivity contribution in [3.05, 3.63) is 29.5 Å². The molecule has 2 atom stereocenters. The minimum Gasteiger partial charge on any atom is -0.443 e. The van der Waals surface area contributed by atoms with Crippen molar-refractivity contribution in [3.63, 3.8) is 0 Å². The largest absolute Gasteiger partial charge is 0.443 e. The van der Waals surface area contributed by atoms with Crippen LogP contribution in [0.1, 0.15) is 25.0 Å². The Bertz CT molecular complexity index is 638. The Hall–Kier alpha value is -1.47. The second-order valence-electron chi connectivity index (χ2n) is 5.56. The highest BCUT2D eigenvalue weighted by Crippen LogP contribution is 2.28. The maximum Gasteiger partial charge on any atom is 0.236 e. The molecule has 2 unspecified atom stereocenters. The topological polar surface area (TPSA) is 62.5 Å². The first-order valence-electron chi connectivity index (χ1n) is 7.76. The van der Waals surface area contributed by atoms with Gasteiger partial charge in [-0.25, -0.2) is 4.98 Å². The van der Waals surface area contributed by atoms with Crippen molar-refractivity contribution in [2.24, 2.45) is 4.99 Å². The van der Waals surface area contributed by atoms with Crippen LogP contribution in [-0.4, -0.2) is 35.5 Å². The molecule has 1 saturated carbocycles. The van der Waals surface area contributed by atoms with Gasteiger partial charge >= 0.3 is 0 Å². The third-order valence-electron chi connectivity index (χ3n) is 4.00. The quantitative estimate of drug-likeness (QED) is 0.639. The van der Waals surface area contributed by atoms with Crippen LogP contribution in [0.5, 0.6) is 0 Å². The van der Waals surface area contributed by atoms with Gasteiger partial charge in [0.2, 0.25) is 5.89 Å². The van der Waals surface area contributed by atoms with Crippen LogP contribution in [0.15, 0.2) is 33.2 Å². The number of thioether (sulfide) groups is 1. The molecule has 2 aromatic heterocycles. The molecule has 0 aliphatic heterocycles. The lowest BCUT2D eigenvalue weighted by molar-refractivity contribution is 0.573. The van der Waals surface area contributed by atoms with E-state index in [-0.39, 0.29) is 0 Å². The summed E-state index contributed by atoms with van der Waals surface area (Å²) in [6.07, 6.45) is 7.58. The van der Waals surface area contributed by atoms with Crippen molar-refractivity contribution in [3.8, 4) is 10.8 Å².